The van der Waals surface area contributed by atoms with Crippen LogP contribution in [-0.4, -0.2) is 59.0 Å². The SMILES string of the molecule is CN1CCN(c2ncc(C(=O)NCc3ccncc3)cn2)CC1. The molecular formula is C16H20N6O. The first-order valence-corrected chi connectivity index (χ1v) is 7.65. The molecule has 0 spiro atoms. The summed E-state index contributed by atoms with van der Waals surface area (Å²) in [5.74, 6) is 0.510. The van der Waals surface area contributed by atoms with Gasteiger partial charge in [0.25, 0.3) is 5.91 Å². The number of aromatic nitrogens is 3. The number of pyridine rings is 1. The lowest BCUT2D eigenvalue weighted by Gasteiger charge is -2.32. The molecule has 3 heterocycles. The molecule has 2 aromatic rings. The van der Waals surface area contributed by atoms with Crippen LogP contribution >= 0.6 is 0 Å². The Morgan fingerprint density at radius 1 is 1.13 bits per heavy atom. The highest BCUT2D eigenvalue weighted by Crippen LogP contribution is 2.10. The maximum atomic E-state index is 12.1. The quantitative estimate of drug-likeness (QED) is 0.889. The van der Waals surface area contributed by atoms with Crippen LogP contribution in [0, 0.1) is 0 Å². The third-order valence-electron chi connectivity index (χ3n) is 3.89. The van der Waals surface area contributed by atoms with E-state index < -0.39 is 0 Å². The maximum Gasteiger partial charge on any atom is 0.254 e. The fourth-order valence-electron chi connectivity index (χ4n) is 2.39. The van der Waals surface area contributed by atoms with E-state index in [0.717, 1.165) is 31.7 Å². The fourth-order valence-corrected chi connectivity index (χ4v) is 2.39. The molecule has 0 atom stereocenters. The number of amides is 1. The van der Waals surface area contributed by atoms with Gasteiger partial charge in [0.15, 0.2) is 0 Å². The Balaban J connectivity index is 1.57. The van der Waals surface area contributed by atoms with Gasteiger partial charge in [-0.1, -0.05) is 0 Å². The van der Waals surface area contributed by atoms with E-state index in [9.17, 15) is 4.79 Å². The number of nitrogens with zero attached hydrogens (tertiary/aromatic N) is 5. The first-order chi connectivity index (χ1) is 11.2. The first kappa shape index (κ1) is 15.4. The summed E-state index contributed by atoms with van der Waals surface area (Å²) >= 11 is 0. The molecule has 1 N–H and O–H groups in total. The summed E-state index contributed by atoms with van der Waals surface area (Å²) in [7, 11) is 2.11. The second-order valence-corrected chi connectivity index (χ2v) is 5.60. The average Bonchev–Trinajstić information content (AvgIpc) is 2.61. The molecule has 0 unspecified atom stereocenters. The summed E-state index contributed by atoms with van der Waals surface area (Å²) in [5, 5.41) is 2.85. The van der Waals surface area contributed by atoms with Gasteiger partial charge in [-0.2, -0.15) is 0 Å². The van der Waals surface area contributed by atoms with Crippen molar-refractivity contribution in [2.24, 2.45) is 0 Å². The highest BCUT2D eigenvalue weighted by Gasteiger charge is 2.16. The number of hydrogen-bond acceptors (Lipinski definition) is 6. The monoisotopic (exact) mass is 312 g/mol. The van der Waals surface area contributed by atoms with Gasteiger partial charge in [0.2, 0.25) is 5.95 Å². The smallest absolute Gasteiger partial charge is 0.254 e. The number of hydrogen-bond donors (Lipinski definition) is 1. The van der Waals surface area contributed by atoms with Crippen LogP contribution in [0.2, 0.25) is 0 Å². The minimum absolute atomic E-state index is 0.174. The Morgan fingerprint density at radius 2 is 1.78 bits per heavy atom. The Bertz CT molecular complexity index is 637. The van der Waals surface area contributed by atoms with E-state index in [1.54, 1.807) is 24.8 Å². The molecule has 7 nitrogen and oxygen atoms in total. The Kier molecular flexibility index (Phi) is 4.77. The summed E-state index contributed by atoms with van der Waals surface area (Å²) in [4.78, 5) is 29.1. The van der Waals surface area contributed by atoms with Crippen LogP contribution in [0.3, 0.4) is 0 Å². The zero-order valence-corrected chi connectivity index (χ0v) is 13.1. The zero-order valence-electron chi connectivity index (χ0n) is 13.1. The summed E-state index contributed by atoms with van der Waals surface area (Å²) in [5.41, 5.74) is 1.47. The van der Waals surface area contributed by atoms with Crippen molar-refractivity contribution in [3.05, 3.63) is 48.0 Å². The molecule has 0 saturated carbocycles. The molecular weight excluding hydrogens is 292 g/mol. The number of carbonyl (C=O) groups is 1. The van der Waals surface area contributed by atoms with Crippen LogP contribution in [0.5, 0.6) is 0 Å². The van der Waals surface area contributed by atoms with Crippen molar-refractivity contribution in [3.63, 3.8) is 0 Å². The van der Waals surface area contributed by atoms with Gasteiger partial charge in [0.05, 0.1) is 5.56 Å². The molecule has 1 amide bonds. The highest BCUT2D eigenvalue weighted by molar-refractivity contribution is 5.93. The molecule has 1 aliphatic heterocycles. The van der Waals surface area contributed by atoms with E-state index >= 15 is 0 Å². The van der Waals surface area contributed by atoms with Gasteiger partial charge in [0.1, 0.15) is 0 Å². The first-order valence-electron chi connectivity index (χ1n) is 7.65. The molecule has 0 bridgehead atoms. The van der Waals surface area contributed by atoms with E-state index in [-0.39, 0.29) is 5.91 Å². The van der Waals surface area contributed by atoms with Crippen LogP contribution in [-0.2, 0) is 6.54 Å². The second-order valence-electron chi connectivity index (χ2n) is 5.60. The standard InChI is InChI=1S/C16H20N6O/c1-21-6-8-22(9-7-21)16-19-11-14(12-20-16)15(23)18-10-13-2-4-17-5-3-13/h2-5,11-12H,6-10H2,1H3,(H,18,23). The summed E-state index contributed by atoms with van der Waals surface area (Å²) < 4.78 is 0. The van der Waals surface area contributed by atoms with Crippen molar-refractivity contribution in [1.29, 1.82) is 0 Å². The third kappa shape index (κ3) is 4.01. The molecule has 120 valence electrons. The van der Waals surface area contributed by atoms with Gasteiger partial charge >= 0.3 is 0 Å². The van der Waals surface area contributed by atoms with E-state index in [4.69, 9.17) is 0 Å². The molecule has 1 aliphatic rings. The van der Waals surface area contributed by atoms with E-state index in [1.165, 1.54) is 0 Å². The molecule has 2 aromatic heterocycles. The average molecular weight is 312 g/mol. The van der Waals surface area contributed by atoms with Crippen molar-refractivity contribution < 1.29 is 4.79 Å². The lowest BCUT2D eigenvalue weighted by molar-refractivity contribution is 0.0950. The summed E-state index contributed by atoms with van der Waals surface area (Å²) in [6, 6.07) is 3.74. The number of rotatable bonds is 4. The molecule has 1 saturated heterocycles. The van der Waals surface area contributed by atoms with Crippen LogP contribution in [0.15, 0.2) is 36.9 Å². The Morgan fingerprint density at radius 3 is 2.43 bits per heavy atom. The van der Waals surface area contributed by atoms with Crippen LogP contribution in [0.4, 0.5) is 5.95 Å². The van der Waals surface area contributed by atoms with Gasteiger partial charge in [-0.05, 0) is 24.7 Å². The number of carbonyl (C=O) groups excluding carboxylic acids is 1. The van der Waals surface area contributed by atoms with Gasteiger partial charge in [-0.25, -0.2) is 9.97 Å². The molecule has 1 fully saturated rings. The molecule has 3 rings (SSSR count). The minimum Gasteiger partial charge on any atom is -0.348 e. The summed E-state index contributed by atoms with van der Waals surface area (Å²) in [6.07, 6.45) is 6.58. The van der Waals surface area contributed by atoms with Crippen molar-refractivity contribution in [2.45, 2.75) is 6.54 Å². The number of nitrogens with one attached hydrogen (secondary N) is 1. The molecule has 7 heteroatoms. The number of anilines is 1. The van der Waals surface area contributed by atoms with Crippen molar-refractivity contribution >= 4 is 11.9 Å². The molecule has 0 aromatic carbocycles. The van der Waals surface area contributed by atoms with Gasteiger partial charge in [-0.15, -0.1) is 0 Å². The Labute approximate surface area is 135 Å². The Hall–Kier alpha value is -2.54. The van der Waals surface area contributed by atoms with Crippen LogP contribution in [0.1, 0.15) is 15.9 Å². The molecule has 23 heavy (non-hydrogen) atoms. The number of likely N-dealkylation sites (N-methyl/N-ethyl adjacent to an activating group) is 1. The molecule has 0 radical (unpaired) electrons. The predicted molar refractivity (Wildman–Crippen MR) is 87.1 cm³/mol. The maximum absolute atomic E-state index is 12.1. The fraction of sp³-hybridized carbons (Fsp3) is 0.375. The van der Waals surface area contributed by atoms with Crippen molar-refractivity contribution in [2.75, 3.05) is 38.1 Å². The zero-order chi connectivity index (χ0) is 16.1. The highest BCUT2D eigenvalue weighted by atomic mass is 16.1. The number of piperazine rings is 1. The van der Waals surface area contributed by atoms with E-state index in [2.05, 4.69) is 37.1 Å². The largest absolute Gasteiger partial charge is 0.348 e. The topological polar surface area (TPSA) is 74.2 Å². The van der Waals surface area contributed by atoms with Crippen LogP contribution in [0.25, 0.3) is 0 Å². The lowest BCUT2D eigenvalue weighted by atomic mass is 10.2. The second kappa shape index (κ2) is 7.15. The third-order valence-corrected chi connectivity index (χ3v) is 3.89. The van der Waals surface area contributed by atoms with Gasteiger partial charge in [0, 0.05) is 57.5 Å². The molecule has 0 aliphatic carbocycles. The van der Waals surface area contributed by atoms with Gasteiger partial charge in [-0.3, -0.25) is 9.78 Å². The normalized spacial score (nSPS) is 15.4. The van der Waals surface area contributed by atoms with E-state index in [1.807, 2.05) is 12.1 Å². The summed E-state index contributed by atoms with van der Waals surface area (Å²) in [6.45, 7) is 4.27. The van der Waals surface area contributed by atoms with Crippen molar-refractivity contribution in [3.8, 4) is 0 Å². The van der Waals surface area contributed by atoms with Crippen LogP contribution < -0.4 is 10.2 Å². The van der Waals surface area contributed by atoms with Gasteiger partial charge < -0.3 is 15.1 Å². The lowest BCUT2D eigenvalue weighted by Crippen LogP contribution is -2.45. The van der Waals surface area contributed by atoms with E-state index in [0.29, 0.717) is 18.1 Å². The predicted octanol–water partition coefficient (Wildman–Crippen LogP) is 0.553. The minimum atomic E-state index is -0.174. The van der Waals surface area contributed by atoms with Crippen molar-refractivity contribution in [1.82, 2.24) is 25.2 Å².